The van der Waals surface area contributed by atoms with Crippen LogP contribution in [0.1, 0.15) is 51.4 Å². The molecule has 3 heteroatoms. The second-order valence-corrected chi connectivity index (χ2v) is 18.3. The van der Waals surface area contributed by atoms with Gasteiger partial charge in [0.05, 0.1) is 0 Å². The minimum atomic E-state index is -1.13. The SMILES string of the molecule is C=CCCCCCCCCCN([Si](C)(C)C)[Si](C)(C)C. The molecule has 0 aliphatic carbocycles. The zero-order valence-electron chi connectivity index (χ0n) is 15.1. The van der Waals surface area contributed by atoms with Gasteiger partial charge in [0.15, 0.2) is 0 Å². The van der Waals surface area contributed by atoms with Crippen molar-refractivity contribution in [1.29, 1.82) is 0 Å². The highest BCUT2D eigenvalue weighted by molar-refractivity contribution is 6.89. The molecule has 0 aliphatic heterocycles. The summed E-state index contributed by atoms with van der Waals surface area (Å²) >= 11 is 0. The van der Waals surface area contributed by atoms with Gasteiger partial charge in [-0.25, -0.2) is 0 Å². The molecule has 0 bridgehead atoms. The lowest BCUT2D eigenvalue weighted by molar-refractivity contribution is 0.526. The monoisotopic (exact) mass is 313 g/mol. The Labute approximate surface area is 131 Å². The van der Waals surface area contributed by atoms with Gasteiger partial charge in [0.1, 0.15) is 16.5 Å². The van der Waals surface area contributed by atoms with Crippen molar-refractivity contribution in [3.05, 3.63) is 12.7 Å². The van der Waals surface area contributed by atoms with Gasteiger partial charge in [-0.1, -0.05) is 77.5 Å². The summed E-state index contributed by atoms with van der Waals surface area (Å²) in [6, 6.07) is 0. The third kappa shape index (κ3) is 9.95. The molecule has 120 valence electrons. The van der Waals surface area contributed by atoms with Crippen LogP contribution < -0.4 is 0 Å². The molecule has 0 aliphatic rings. The van der Waals surface area contributed by atoms with Gasteiger partial charge < -0.3 is 4.23 Å². The van der Waals surface area contributed by atoms with E-state index in [9.17, 15) is 0 Å². The first kappa shape index (κ1) is 20.1. The quantitative estimate of drug-likeness (QED) is 0.233. The summed E-state index contributed by atoms with van der Waals surface area (Å²) in [6.07, 6.45) is 13.1. The van der Waals surface area contributed by atoms with Gasteiger partial charge in [0.2, 0.25) is 0 Å². The molecular formula is C17H39NSi2. The molecule has 0 heterocycles. The van der Waals surface area contributed by atoms with E-state index in [4.69, 9.17) is 0 Å². The van der Waals surface area contributed by atoms with Gasteiger partial charge in [-0.3, -0.25) is 0 Å². The predicted octanol–water partition coefficient (Wildman–Crippen LogP) is 6.27. The van der Waals surface area contributed by atoms with Crippen molar-refractivity contribution >= 4 is 16.5 Å². The molecule has 0 N–H and O–H groups in total. The Morgan fingerprint density at radius 3 is 1.50 bits per heavy atom. The van der Waals surface area contributed by atoms with E-state index in [1.165, 1.54) is 57.9 Å². The molecule has 0 saturated heterocycles. The van der Waals surface area contributed by atoms with Crippen LogP contribution in [0.15, 0.2) is 12.7 Å². The van der Waals surface area contributed by atoms with Crippen molar-refractivity contribution in [2.45, 2.75) is 90.6 Å². The van der Waals surface area contributed by atoms with Crippen LogP contribution in [0.25, 0.3) is 0 Å². The first-order valence-electron chi connectivity index (χ1n) is 8.58. The maximum atomic E-state index is 3.78. The smallest absolute Gasteiger partial charge is 0.112 e. The van der Waals surface area contributed by atoms with Crippen LogP contribution in [-0.4, -0.2) is 27.2 Å². The highest BCUT2D eigenvalue weighted by Crippen LogP contribution is 2.20. The number of unbranched alkanes of at least 4 members (excludes halogenated alkanes) is 7. The Bertz CT molecular complexity index is 237. The fourth-order valence-corrected chi connectivity index (χ4v) is 12.8. The van der Waals surface area contributed by atoms with Crippen LogP contribution in [0, 0.1) is 0 Å². The summed E-state index contributed by atoms with van der Waals surface area (Å²) in [7, 11) is -2.25. The molecular weight excluding hydrogens is 274 g/mol. The molecule has 20 heavy (non-hydrogen) atoms. The van der Waals surface area contributed by atoms with Crippen molar-refractivity contribution < 1.29 is 0 Å². The van der Waals surface area contributed by atoms with Gasteiger partial charge in [0.25, 0.3) is 0 Å². The zero-order valence-corrected chi connectivity index (χ0v) is 17.1. The molecule has 0 spiro atoms. The molecule has 0 aromatic heterocycles. The minimum absolute atomic E-state index is 1.13. The lowest BCUT2D eigenvalue weighted by atomic mass is 10.1. The van der Waals surface area contributed by atoms with Gasteiger partial charge in [-0.05, 0) is 25.8 Å². The van der Waals surface area contributed by atoms with E-state index in [1.54, 1.807) is 0 Å². The molecule has 0 aromatic carbocycles. The minimum Gasteiger partial charge on any atom is -0.346 e. The number of nitrogens with zero attached hydrogens (tertiary/aromatic N) is 1. The van der Waals surface area contributed by atoms with E-state index in [1.807, 2.05) is 6.08 Å². The molecule has 1 nitrogen and oxygen atoms in total. The lowest BCUT2D eigenvalue weighted by Crippen LogP contribution is -2.59. The topological polar surface area (TPSA) is 3.24 Å². The van der Waals surface area contributed by atoms with Crippen molar-refractivity contribution in [1.82, 2.24) is 4.23 Å². The Morgan fingerprint density at radius 1 is 0.700 bits per heavy atom. The van der Waals surface area contributed by atoms with E-state index >= 15 is 0 Å². The lowest BCUT2D eigenvalue weighted by Gasteiger charge is -2.43. The van der Waals surface area contributed by atoms with Gasteiger partial charge in [-0.15, -0.1) is 6.58 Å². The summed E-state index contributed by atoms with van der Waals surface area (Å²) in [4.78, 5) is 0. The summed E-state index contributed by atoms with van der Waals surface area (Å²) in [5.41, 5.74) is 0. The van der Waals surface area contributed by atoms with Crippen LogP contribution in [0.4, 0.5) is 0 Å². The Hall–Kier alpha value is 0.134. The molecule has 0 unspecified atom stereocenters. The molecule has 0 amide bonds. The maximum Gasteiger partial charge on any atom is 0.112 e. The molecule has 0 fully saturated rings. The van der Waals surface area contributed by atoms with Crippen LogP contribution in [-0.2, 0) is 0 Å². The van der Waals surface area contributed by atoms with Crippen molar-refractivity contribution in [3.63, 3.8) is 0 Å². The standard InChI is InChI=1S/C17H39NSi2/c1-8-9-10-11-12-13-14-15-16-17-18(19(2,3)4)20(5,6)7/h8H,1,9-17H2,2-7H3. The molecule has 0 atom stereocenters. The van der Waals surface area contributed by atoms with Gasteiger partial charge in [-0.2, -0.15) is 0 Å². The number of hydrogen-bond acceptors (Lipinski definition) is 1. The van der Waals surface area contributed by atoms with Crippen LogP contribution in [0.3, 0.4) is 0 Å². The Kier molecular flexibility index (Phi) is 10.0. The van der Waals surface area contributed by atoms with Crippen molar-refractivity contribution in [3.8, 4) is 0 Å². The van der Waals surface area contributed by atoms with Crippen molar-refractivity contribution in [2.75, 3.05) is 6.54 Å². The molecule has 0 radical (unpaired) electrons. The van der Waals surface area contributed by atoms with Gasteiger partial charge in [0, 0.05) is 0 Å². The predicted molar refractivity (Wildman–Crippen MR) is 101 cm³/mol. The third-order valence-electron chi connectivity index (χ3n) is 3.91. The first-order valence-corrected chi connectivity index (χ1v) is 15.5. The fourth-order valence-electron chi connectivity index (χ4n) is 3.12. The highest BCUT2D eigenvalue weighted by atomic mass is 28.4. The third-order valence-corrected chi connectivity index (χ3v) is 11.6. The molecule has 0 saturated carbocycles. The van der Waals surface area contributed by atoms with E-state index in [-0.39, 0.29) is 0 Å². The molecule has 0 rings (SSSR count). The average molecular weight is 314 g/mol. The van der Waals surface area contributed by atoms with Gasteiger partial charge >= 0.3 is 0 Å². The second-order valence-electron chi connectivity index (χ2n) is 8.05. The van der Waals surface area contributed by atoms with Crippen LogP contribution in [0.5, 0.6) is 0 Å². The maximum absolute atomic E-state index is 3.78. The largest absolute Gasteiger partial charge is 0.346 e. The summed E-state index contributed by atoms with van der Waals surface area (Å²) in [5.74, 6) is 0. The van der Waals surface area contributed by atoms with Crippen LogP contribution in [0.2, 0.25) is 39.3 Å². The number of hydrogen-bond donors (Lipinski definition) is 0. The number of rotatable bonds is 12. The zero-order chi connectivity index (χ0) is 15.6. The first-order chi connectivity index (χ1) is 9.19. The van der Waals surface area contributed by atoms with E-state index in [2.05, 4.69) is 50.1 Å². The highest BCUT2D eigenvalue weighted by Gasteiger charge is 2.33. The normalized spacial score (nSPS) is 12.9. The summed E-state index contributed by atoms with van der Waals surface area (Å²) in [6.45, 7) is 20.2. The fraction of sp³-hybridized carbons (Fsp3) is 0.882. The summed E-state index contributed by atoms with van der Waals surface area (Å²) < 4.78 is 2.92. The molecule has 0 aromatic rings. The van der Waals surface area contributed by atoms with E-state index < -0.39 is 16.5 Å². The van der Waals surface area contributed by atoms with Crippen molar-refractivity contribution in [2.24, 2.45) is 0 Å². The van der Waals surface area contributed by atoms with E-state index in [0.717, 1.165) is 0 Å². The average Bonchev–Trinajstić information content (AvgIpc) is 2.28. The Morgan fingerprint density at radius 2 is 1.10 bits per heavy atom. The Balaban J connectivity index is 3.73. The van der Waals surface area contributed by atoms with Crippen LogP contribution >= 0.6 is 0 Å². The van der Waals surface area contributed by atoms with E-state index in [0.29, 0.717) is 0 Å². The second kappa shape index (κ2) is 9.96. The summed E-state index contributed by atoms with van der Waals surface area (Å²) in [5, 5.41) is 0. The number of allylic oxidation sites excluding steroid dienone is 1.